The Morgan fingerprint density at radius 1 is 0.544 bits per heavy atom. The van der Waals surface area contributed by atoms with Gasteiger partial charge in [0.25, 0.3) is 0 Å². The van der Waals surface area contributed by atoms with Crippen molar-refractivity contribution in [3.63, 3.8) is 0 Å². The highest BCUT2D eigenvalue weighted by molar-refractivity contribution is 7.47. The van der Waals surface area contributed by atoms with Gasteiger partial charge < -0.3 is 20.1 Å². The van der Waals surface area contributed by atoms with Gasteiger partial charge in [0.05, 0.1) is 13.2 Å². The highest BCUT2D eigenvalue weighted by atomic mass is 31.2. The molecular formula is C47H86NO8P. The van der Waals surface area contributed by atoms with E-state index in [0.29, 0.717) is 6.42 Å². The summed E-state index contributed by atoms with van der Waals surface area (Å²) >= 11 is 0. The van der Waals surface area contributed by atoms with Gasteiger partial charge >= 0.3 is 13.8 Å². The Bertz CT molecular complexity index is 1080. The van der Waals surface area contributed by atoms with E-state index in [4.69, 9.17) is 13.8 Å². The molecule has 10 heteroatoms. The highest BCUT2D eigenvalue weighted by Gasteiger charge is 2.23. The van der Waals surface area contributed by atoms with Crippen molar-refractivity contribution in [1.82, 2.24) is 5.32 Å². The lowest BCUT2D eigenvalue weighted by molar-refractivity contribution is -0.147. The lowest BCUT2D eigenvalue weighted by atomic mass is 10.1. The number of nitrogens with one attached hydrogen (secondary N) is 1. The first kappa shape index (κ1) is 55.0. The zero-order valence-electron chi connectivity index (χ0n) is 36.5. The quantitative estimate of drug-likeness (QED) is 0.0240. The Kier molecular flexibility index (Phi) is 42.0. The number of hydrogen-bond acceptors (Lipinski definition) is 7. The number of carbonyl (C=O) groups excluding carboxylic acids is 2. The van der Waals surface area contributed by atoms with Gasteiger partial charge in [-0.15, -0.1) is 0 Å². The summed E-state index contributed by atoms with van der Waals surface area (Å²) in [4.78, 5) is 34.0. The van der Waals surface area contributed by atoms with Crippen LogP contribution >= 0.6 is 7.82 Å². The summed E-state index contributed by atoms with van der Waals surface area (Å²) in [5.74, 6) is -0.531. The second kappa shape index (κ2) is 43.5. The maximum atomic E-state index is 12.1. The van der Waals surface area contributed by atoms with E-state index in [1.54, 1.807) is 0 Å². The first-order valence-corrected chi connectivity index (χ1v) is 24.6. The van der Waals surface area contributed by atoms with Crippen LogP contribution in [0.2, 0.25) is 0 Å². The molecule has 2 unspecified atom stereocenters. The van der Waals surface area contributed by atoms with Gasteiger partial charge in [0.1, 0.15) is 12.7 Å². The molecule has 9 nitrogen and oxygen atoms in total. The number of allylic oxidation sites excluding steroid dienone is 8. The standard InChI is InChI=1S/C47H86NO8P/c1-3-5-7-9-11-13-15-17-19-20-21-22-23-24-26-27-29-31-33-35-37-39-46(50)48-41-42-55-57(52,53)56-44-45(49)43-54-47(51)40-38-36-34-32-30-28-25-18-16-14-12-10-8-6-4-2/h11,13,17-19,21-22,25,45,49H,3-10,12,14-16,20,23-24,26-44H2,1-2H3,(H,48,50)(H,52,53)/b13-11-,19-17-,22-21-,25-18-. The number of esters is 1. The molecule has 0 saturated heterocycles. The van der Waals surface area contributed by atoms with Crippen LogP contribution in [0.5, 0.6) is 0 Å². The van der Waals surface area contributed by atoms with Crippen LogP contribution in [-0.4, -0.2) is 54.3 Å². The third kappa shape index (κ3) is 44.9. The Balaban J connectivity index is 3.61. The number of carbonyl (C=O) groups is 2. The maximum Gasteiger partial charge on any atom is 0.472 e. The van der Waals surface area contributed by atoms with E-state index in [1.165, 1.54) is 103 Å². The monoisotopic (exact) mass is 824 g/mol. The topological polar surface area (TPSA) is 131 Å². The summed E-state index contributed by atoms with van der Waals surface area (Å²) < 4.78 is 26.9. The van der Waals surface area contributed by atoms with Crippen molar-refractivity contribution in [2.45, 2.75) is 213 Å². The van der Waals surface area contributed by atoms with E-state index in [-0.39, 0.29) is 32.1 Å². The molecule has 0 aromatic rings. The van der Waals surface area contributed by atoms with Crippen molar-refractivity contribution < 1.29 is 37.9 Å². The minimum Gasteiger partial charge on any atom is -0.463 e. The summed E-state index contributed by atoms with van der Waals surface area (Å²) in [5, 5.41) is 12.7. The van der Waals surface area contributed by atoms with Gasteiger partial charge in [-0.1, -0.05) is 165 Å². The van der Waals surface area contributed by atoms with Crippen molar-refractivity contribution in [1.29, 1.82) is 0 Å². The van der Waals surface area contributed by atoms with Crippen LogP contribution in [0.25, 0.3) is 0 Å². The molecule has 0 radical (unpaired) electrons. The first-order valence-electron chi connectivity index (χ1n) is 23.1. The molecule has 0 spiro atoms. The number of aliphatic hydroxyl groups excluding tert-OH is 1. The molecule has 0 saturated carbocycles. The Morgan fingerprint density at radius 3 is 1.47 bits per heavy atom. The minimum atomic E-state index is -4.42. The zero-order valence-corrected chi connectivity index (χ0v) is 37.4. The fourth-order valence-electron chi connectivity index (χ4n) is 6.21. The minimum absolute atomic E-state index is 0.0754. The smallest absolute Gasteiger partial charge is 0.463 e. The van der Waals surface area contributed by atoms with Gasteiger partial charge in [-0.3, -0.25) is 18.6 Å². The molecule has 332 valence electrons. The van der Waals surface area contributed by atoms with Crippen LogP contribution < -0.4 is 5.32 Å². The van der Waals surface area contributed by atoms with Crippen LogP contribution in [0.1, 0.15) is 206 Å². The third-order valence-corrected chi connectivity index (χ3v) is 10.7. The van der Waals surface area contributed by atoms with E-state index in [9.17, 15) is 24.2 Å². The number of amides is 1. The van der Waals surface area contributed by atoms with Gasteiger partial charge in [-0.2, -0.15) is 0 Å². The van der Waals surface area contributed by atoms with Crippen molar-refractivity contribution >= 4 is 19.7 Å². The average Bonchev–Trinajstić information content (AvgIpc) is 3.20. The molecule has 3 N–H and O–H groups in total. The molecule has 0 aliphatic heterocycles. The Hall–Kier alpha value is -2.03. The number of ether oxygens (including phenoxy) is 1. The van der Waals surface area contributed by atoms with Crippen molar-refractivity contribution in [3.05, 3.63) is 48.6 Å². The maximum absolute atomic E-state index is 12.1. The van der Waals surface area contributed by atoms with E-state index < -0.39 is 26.5 Å². The van der Waals surface area contributed by atoms with Crippen molar-refractivity contribution in [2.75, 3.05) is 26.4 Å². The molecule has 0 heterocycles. The second-order valence-corrected chi connectivity index (χ2v) is 16.8. The highest BCUT2D eigenvalue weighted by Crippen LogP contribution is 2.42. The first-order chi connectivity index (χ1) is 27.8. The predicted molar refractivity (Wildman–Crippen MR) is 238 cm³/mol. The molecule has 0 aromatic carbocycles. The molecule has 0 aliphatic carbocycles. The number of rotatable bonds is 43. The molecule has 0 bridgehead atoms. The number of unbranched alkanes of at least 4 members (excludes halogenated alkanes) is 22. The molecule has 1 amide bonds. The van der Waals surface area contributed by atoms with Crippen LogP contribution in [0, 0.1) is 0 Å². The number of hydrogen-bond donors (Lipinski definition) is 3. The van der Waals surface area contributed by atoms with Crippen LogP contribution in [-0.2, 0) is 27.9 Å². The molecular weight excluding hydrogens is 737 g/mol. The molecule has 57 heavy (non-hydrogen) atoms. The Labute approximate surface area is 349 Å². The number of aliphatic hydroxyl groups is 1. The normalized spacial score (nSPS) is 13.7. The van der Waals surface area contributed by atoms with Crippen molar-refractivity contribution in [2.24, 2.45) is 0 Å². The van der Waals surface area contributed by atoms with Crippen LogP contribution in [0.15, 0.2) is 48.6 Å². The average molecular weight is 824 g/mol. The summed E-state index contributed by atoms with van der Waals surface area (Å²) in [7, 11) is -4.42. The number of phosphoric ester groups is 1. The summed E-state index contributed by atoms with van der Waals surface area (Å²) in [6.07, 6.45) is 50.4. The molecule has 2 atom stereocenters. The van der Waals surface area contributed by atoms with E-state index in [0.717, 1.165) is 77.0 Å². The van der Waals surface area contributed by atoms with Gasteiger partial charge in [0, 0.05) is 19.4 Å². The molecule has 0 aliphatic rings. The van der Waals surface area contributed by atoms with E-state index in [1.807, 2.05) is 0 Å². The van der Waals surface area contributed by atoms with Gasteiger partial charge in [0.15, 0.2) is 0 Å². The van der Waals surface area contributed by atoms with E-state index >= 15 is 0 Å². The molecule has 0 aromatic heterocycles. The molecule has 0 fully saturated rings. The molecule has 0 rings (SSSR count). The fraction of sp³-hybridized carbons (Fsp3) is 0.787. The second-order valence-electron chi connectivity index (χ2n) is 15.4. The van der Waals surface area contributed by atoms with E-state index in [2.05, 4.69) is 67.8 Å². The summed E-state index contributed by atoms with van der Waals surface area (Å²) in [6.45, 7) is 3.51. The lowest BCUT2D eigenvalue weighted by Crippen LogP contribution is -2.27. The fourth-order valence-corrected chi connectivity index (χ4v) is 6.96. The Morgan fingerprint density at radius 2 is 0.947 bits per heavy atom. The van der Waals surface area contributed by atoms with Gasteiger partial charge in [-0.05, 0) is 77.0 Å². The SMILES string of the molecule is CCCCC/C=C\C/C=C\C/C=C\CCCCCCCCCCC(=O)NCCOP(=O)(O)OCC(O)COC(=O)CCCCCCC/C=C\CCCCCCCC. The number of phosphoric acid groups is 1. The summed E-state index contributed by atoms with van der Waals surface area (Å²) in [5.41, 5.74) is 0. The van der Waals surface area contributed by atoms with Gasteiger partial charge in [0.2, 0.25) is 5.91 Å². The van der Waals surface area contributed by atoms with Crippen molar-refractivity contribution in [3.8, 4) is 0 Å². The zero-order chi connectivity index (χ0) is 41.8. The van der Waals surface area contributed by atoms with Crippen LogP contribution in [0.3, 0.4) is 0 Å². The summed E-state index contributed by atoms with van der Waals surface area (Å²) in [6, 6.07) is 0. The largest absolute Gasteiger partial charge is 0.472 e. The van der Waals surface area contributed by atoms with Crippen LogP contribution in [0.4, 0.5) is 0 Å². The third-order valence-electron chi connectivity index (χ3n) is 9.73. The lowest BCUT2D eigenvalue weighted by Gasteiger charge is -2.15. The predicted octanol–water partition coefficient (Wildman–Crippen LogP) is 13.1. The van der Waals surface area contributed by atoms with Gasteiger partial charge in [-0.25, -0.2) is 4.57 Å².